The number of alkyl halides is 3. The molecule has 0 saturated carbocycles. The Hall–Kier alpha value is -1.01. The molecule has 2 rings (SSSR count). The first kappa shape index (κ1) is 16.0. The largest absolute Gasteiger partial charge is 0.490 e. The van der Waals surface area contributed by atoms with Crippen molar-refractivity contribution in [2.24, 2.45) is 0 Å². The van der Waals surface area contributed by atoms with E-state index >= 15 is 0 Å². The third kappa shape index (κ3) is 4.24. The normalized spacial score (nSPS) is 16.8. The Labute approximate surface area is 114 Å². The molecule has 1 aromatic rings. The van der Waals surface area contributed by atoms with Crippen LogP contribution in [0.5, 0.6) is 5.75 Å². The fraction of sp³-hybridized carbons (Fsp3) is 0.500. The minimum absolute atomic E-state index is 0. The number of benzene rings is 1. The van der Waals surface area contributed by atoms with E-state index in [1.54, 1.807) is 0 Å². The summed E-state index contributed by atoms with van der Waals surface area (Å²) in [5, 5.41) is 3.13. The highest BCUT2D eigenvalue weighted by Gasteiger charge is 2.34. The van der Waals surface area contributed by atoms with E-state index in [9.17, 15) is 17.6 Å². The van der Waals surface area contributed by atoms with Gasteiger partial charge in [-0.2, -0.15) is 13.2 Å². The summed E-state index contributed by atoms with van der Waals surface area (Å²) in [5.41, 5.74) is -1.28. The standard InChI is InChI=1S/C12H13F4NO.ClH/c13-11-2-1-9(7-10(11)12(14,15)16)18-8-3-5-17-6-4-8;/h1-2,7-8,17H,3-6H2;1H. The molecule has 108 valence electrons. The fourth-order valence-electron chi connectivity index (χ4n) is 1.90. The molecule has 0 atom stereocenters. The van der Waals surface area contributed by atoms with E-state index in [2.05, 4.69) is 5.32 Å². The van der Waals surface area contributed by atoms with E-state index in [-0.39, 0.29) is 24.3 Å². The molecule has 0 radical (unpaired) electrons. The minimum atomic E-state index is -4.70. The summed E-state index contributed by atoms with van der Waals surface area (Å²) < 4.78 is 56.0. The van der Waals surface area contributed by atoms with Crippen molar-refractivity contribution in [1.82, 2.24) is 5.32 Å². The number of halogens is 5. The molecule has 2 nitrogen and oxygen atoms in total. The van der Waals surface area contributed by atoms with Gasteiger partial charge in [0.05, 0.1) is 5.56 Å². The molecule has 7 heteroatoms. The highest BCUT2D eigenvalue weighted by Crippen LogP contribution is 2.34. The molecule has 1 aromatic carbocycles. The van der Waals surface area contributed by atoms with Crippen LogP contribution in [0.3, 0.4) is 0 Å². The number of hydrogen-bond donors (Lipinski definition) is 1. The Morgan fingerprint density at radius 3 is 2.37 bits per heavy atom. The SMILES string of the molecule is Cl.Fc1ccc(OC2CCNCC2)cc1C(F)(F)F. The van der Waals surface area contributed by atoms with E-state index in [4.69, 9.17) is 4.74 Å². The van der Waals surface area contributed by atoms with Crippen molar-refractivity contribution >= 4 is 12.4 Å². The van der Waals surface area contributed by atoms with Crippen LogP contribution in [0, 0.1) is 5.82 Å². The smallest absolute Gasteiger partial charge is 0.419 e. The highest BCUT2D eigenvalue weighted by atomic mass is 35.5. The zero-order valence-corrected chi connectivity index (χ0v) is 10.8. The van der Waals surface area contributed by atoms with Gasteiger partial charge in [-0.05, 0) is 44.1 Å². The Morgan fingerprint density at radius 1 is 1.16 bits per heavy atom. The number of rotatable bonds is 2. The first-order valence-electron chi connectivity index (χ1n) is 5.71. The summed E-state index contributed by atoms with van der Waals surface area (Å²) in [6.45, 7) is 1.55. The maximum Gasteiger partial charge on any atom is 0.419 e. The second-order valence-electron chi connectivity index (χ2n) is 4.21. The van der Waals surface area contributed by atoms with Crippen LogP contribution in [0.4, 0.5) is 17.6 Å². The predicted molar refractivity (Wildman–Crippen MR) is 65.2 cm³/mol. The van der Waals surface area contributed by atoms with Gasteiger partial charge in [-0.1, -0.05) is 0 Å². The zero-order chi connectivity index (χ0) is 13.2. The van der Waals surface area contributed by atoms with Crippen molar-refractivity contribution in [3.63, 3.8) is 0 Å². The van der Waals surface area contributed by atoms with Gasteiger partial charge in [0.25, 0.3) is 0 Å². The van der Waals surface area contributed by atoms with Crippen molar-refractivity contribution < 1.29 is 22.3 Å². The third-order valence-corrected chi connectivity index (χ3v) is 2.83. The third-order valence-electron chi connectivity index (χ3n) is 2.83. The Balaban J connectivity index is 0.00000180. The lowest BCUT2D eigenvalue weighted by molar-refractivity contribution is -0.140. The molecular weight excluding hydrogens is 286 g/mol. The molecule has 0 aliphatic carbocycles. The van der Waals surface area contributed by atoms with E-state index < -0.39 is 17.6 Å². The van der Waals surface area contributed by atoms with E-state index in [0.717, 1.165) is 38.1 Å². The Kier molecular flexibility index (Phi) is 5.43. The van der Waals surface area contributed by atoms with Crippen LogP contribution in [0.2, 0.25) is 0 Å². The summed E-state index contributed by atoms with van der Waals surface area (Å²) in [4.78, 5) is 0. The van der Waals surface area contributed by atoms with E-state index in [0.29, 0.717) is 0 Å². The molecule has 1 aliphatic heterocycles. The van der Waals surface area contributed by atoms with E-state index in [1.165, 1.54) is 6.07 Å². The number of ether oxygens (including phenoxy) is 1. The van der Waals surface area contributed by atoms with Gasteiger partial charge in [-0.25, -0.2) is 4.39 Å². The molecule has 0 spiro atoms. The second-order valence-corrected chi connectivity index (χ2v) is 4.21. The van der Waals surface area contributed by atoms with Crippen molar-refractivity contribution in [2.75, 3.05) is 13.1 Å². The lowest BCUT2D eigenvalue weighted by atomic mass is 10.1. The summed E-state index contributed by atoms with van der Waals surface area (Å²) in [5.74, 6) is -1.21. The maximum atomic E-state index is 13.1. The van der Waals surface area contributed by atoms with Crippen molar-refractivity contribution in [3.8, 4) is 5.75 Å². The molecule has 0 amide bonds. The van der Waals surface area contributed by atoms with Crippen molar-refractivity contribution in [2.45, 2.75) is 25.1 Å². The van der Waals surface area contributed by atoms with E-state index in [1.807, 2.05) is 0 Å². The second kappa shape index (κ2) is 6.43. The first-order valence-corrected chi connectivity index (χ1v) is 5.71. The van der Waals surface area contributed by atoms with Crippen LogP contribution in [0.15, 0.2) is 18.2 Å². The lowest BCUT2D eigenvalue weighted by Gasteiger charge is -2.24. The van der Waals surface area contributed by atoms with Crippen LogP contribution in [-0.2, 0) is 6.18 Å². The van der Waals surface area contributed by atoms with Gasteiger partial charge >= 0.3 is 6.18 Å². The molecule has 0 unspecified atom stereocenters. The zero-order valence-electron chi connectivity index (χ0n) is 9.97. The number of nitrogens with one attached hydrogen (secondary N) is 1. The van der Waals surface area contributed by atoms with Crippen LogP contribution < -0.4 is 10.1 Å². The highest BCUT2D eigenvalue weighted by molar-refractivity contribution is 5.85. The average Bonchev–Trinajstić information content (AvgIpc) is 2.31. The van der Waals surface area contributed by atoms with Gasteiger partial charge in [0.1, 0.15) is 17.7 Å². The quantitative estimate of drug-likeness (QED) is 0.845. The van der Waals surface area contributed by atoms with Crippen LogP contribution in [0.25, 0.3) is 0 Å². The molecule has 1 N–H and O–H groups in total. The topological polar surface area (TPSA) is 21.3 Å². The minimum Gasteiger partial charge on any atom is -0.490 e. The number of piperidine rings is 1. The van der Waals surface area contributed by atoms with Crippen molar-refractivity contribution in [1.29, 1.82) is 0 Å². The molecule has 0 bridgehead atoms. The molecule has 1 fully saturated rings. The summed E-state index contributed by atoms with van der Waals surface area (Å²) in [7, 11) is 0. The Morgan fingerprint density at radius 2 is 1.79 bits per heavy atom. The molecule has 19 heavy (non-hydrogen) atoms. The van der Waals surface area contributed by atoms with Gasteiger partial charge in [0.15, 0.2) is 0 Å². The molecule has 0 aromatic heterocycles. The summed E-state index contributed by atoms with van der Waals surface area (Å²) in [6, 6.07) is 2.74. The lowest BCUT2D eigenvalue weighted by Crippen LogP contribution is -2.34. The van der Waals surface area contributed by atoms with Crippen molar-refractivity contribution in [3.05, 3.63) is 29.6 Å². The predicted octanol–water partition coefficient (Wildman–Crippen LogP) is 3.40. The molecule has 1 heterocycles. The maximum absolute atomic E-state index is 13.1. The first-order chi connectivity index (χ1) is 8.47. The molecule has 1 aliphatic rings. The summed E-state index contributed by atoms with van der Waals surface area (Å²) >= 11 is 0. The number of hydrogen-bond acceptors (Lipinski definition) is 2. The monoisotopic (exact) mass is 299 g/mol. The Bertz CT molecular complexity index is 419. The molecule has 1 saturated heterocycles. The molecular formula is C12H14ClF4NO. The summed E-state index contributed by atoms with van der Waals surface area (Å²) in [6.07, 6.45) is -3.34. The van der Waals surface area contributed by atoms with Gasteiger partial charge in [0, 0.05) is 0 Å². The van der Waals surface area contributed by atoms with Gasteiger partial charge < -0.3 is 10.1 Å². The van der Waals surface area contributed by atoms with Gasteiger partial charge in [0.2, 0.25) is 0 Å². The van der Waals surface area contributed by atoms with Gasteiger partial charge in [-0.15, -0.1) is 12.4 Å². The fourth-order valence-corrected chi connectivity index (χ4v) is 1.90. The van der Waals surface area contributed by atoms with Crippen LogP contribution in [-0.4, -0.2) is 19.2 Å². The van der Waals surface area contributed by atoms with Crippen LogP contribution >= 0.6 is 12.4 Å². The average molecular weight is 300 g/mol. The van der Waals surface area contributed by atoms with Crippen LogP contribution in [0.1, 0.15) is 18.4 Å². The van der Waals surface area contributed by atoms with Gasteiger partial charge in [-0.3, -0.25) is 0 Å².